The van der Waals surface area contributed by atoms with Crippen LogP contribution in [0.5, 0.6) is 11.5 Å². The van der Waals surface area contributed by atoms with Crippen LogP contribution < -0.4 is 31.3 Å². The largest absolute Gasteiger partial charge is 0.457 e. The van der Waals surface area contributed by atoms with Crippen LogP contribution in [0.15, 0.2) is 70.8 Å². The summed E-state index contributed by atoms with van der Waals surface area (Å²) < 4.78 is 6.01. The maximum atomic E-state index is 13.7. The van der Waals surface area contributed by atoms with Crippen LogP contribution in [0.3, 0.4) is 0 Å². The van der Waals surface area contributed by atoms with Crippen LogP contribution in [-0.4, -0.2) is 65.4 Å². The predicted octanol–water partition coefficient (Wildman–Crippen LogP) is 3.87. The number of rotatable bonds is 7. The van der Waals surface area contributed by atoms with Gasteiger partial charge in [0.2, 0.25) is 0 Å². The first kappa shape index (κ1) is 31.7. The molecule has 4 heterocycles. The molecule has 4 aliphatic heterocycles. The van der Waals surface area contributed by atoms with Crippen LogP contribution in [0.25, 0.3) is 0 Å². The molecule has 11 nitrogen and oxygen atoms in total. The Labute approximate surface area is 273 Å². The van der Waals surface area contributed by atoms with E-state index in [1.165, 1.54) is 17.8 Å². The number of hydrogen-bond donors (Lipinski definition) is 4. The van der Waals surface area contributed by atoms with E-state index in [1.54, 1.807) is 18.7 Å². The quantitative estimate of drug-likeness (QED) is 0.263. The van der Waals surface area contributed by atoms with Gasteiger partial charge in [-0.2, -0.15) is 5.26 Å². The van der Waals surface area contributed by atoms with Crippen molar-refractivity contribution in [3.8, 4) is 17.6 Å². The van der Waals surface area contributed by atoms with Crippen molar-refractivity contribution >= 4 is 35.3 Å². The second kappa shape index (κ2) is 12.8. The van der Waals surface area contributed by atoms with Gasteiger partial charge in [-0.05, 0) is 88.5 Å². The molecule has 0 radical (unpaired) electrons. The van der Waals surface area contributed by atoms with Gasteiger partial charge in [-0.3, -0.25) is 14.5 Å². The van der Waals surface area contributed by atoms with Crippen LogP contribution in [0, 0.1) is 24.2 Å². The molecule has 0 aromatic heterocycles. The van der Waals surface area contributed by atoms with E-state index in [0.717, 1.165) is 23.4 Å². The molecule has 0 spiro atoms. The second-order valence-corrected chi connectivity index (χ2v) is 14.0. The number of nitrogens with one attached hydrogen (secondary N) is 3. The molecule has 2 aromatic rings. The van der Waals surface area contributed by atoms with Gasteiger partial charge in [-0.1, -0.05) is 30.0 Å². The first-order valence-electron chi connectivity index (χ1n) is 15.6. The van der Waals surface area contributed by atoms with E-state index in [9.17, 15) is 19.6 Å². The molecular formula is C34H39N7O4S. The highest BCUT2D eigenvalue weighted by atomic mass is 32.2. The molecule has 12 heteroatoms. The lowest BCUT2D eigenvalue weighted by Gasteiger charge is -2.46. The Morgan fingerprint density at radius 1 is 1.17 bits per heavy atom. The van der Waals surface area contributed by atoms with Crippen molar-refractivity contribution < 1.29 is 19.1 Å². The number of urea groups is 1. The van der Waals surface area contributed by atoms with Crippen molar-refractivity contribution in [3.63, 3.8) is 0 Å². The topological polar surface area (TPSA) is 153 Å². The lowest BCUT2D eigenvalue weighted by atomic mass is 9.86. The van der Waals surface area contributed by atoms with E-state index < -0.39 is 5.54 Å². The number of aryl methyl sites for hydroxylation is 1. The molecule has 0 saturated carbocycles. The zero-order valence-corrected chi connectivity index (χ0v) is 27.0. The zero-order chi connectivity index (χ0) is 32.6. The lowest BCUT2D eigenvalue weighted by Crippen LogP contribution is -2.62. The highest BCUT2D eigenvalue weighted by Gasteiger charge is 2.52. The average Bonchev–Trinajstić information content (AvgIpc) is 3.40. The number of nitriles is 1. The Morgan fingerprint density at radius 3 is 2.67 bits per heavy atom. The van der Waals surface area contributed by atoms with Crippen molar-refractivity contribution in [1.82, 2.24) is 20.9 Å². The third-order valence-electron chi connectivity index (χ3n) is 8.67. The lowest BCUT2D eigenvalue weighted by molar-refractivity contribution is -0.129. The third-order valence-corrected chi connectivity index (χ3v) is 10.0. The molecular weight excluding hydrogens is 602 g/mol. The summed E-state index contributed by atoms with van der Waals surface area (Å²) in [6.07, 6.45) is 3.61. The van der Waals surface area contributed by atoms with Crippen molar-refractivity contribution in [3.05, 3.63) is 76.3 Å². The van der Waals surface area contributed by atoms with Crippen LogP contribution >= 0.6 is 11.8 Å². The van der Waals surface area contributed by atoms with Gasteiger partial charge in [0.1, 0.15) is 23.1 Å². The number of hydrogen-bond acceptors (Lipinski definition) is 8. The predicted molar refractivity (Wildman–Crippen MR) is 177 cm³/mol. The Bertz CT molecular complexity index is 1640. The van der Waals surface area contributed by atoms with Gasteiger partial charge in [0, 0.05) is 42.0 Å². The van der Waals surface area contributed by atoms with E-state index in [0.29, 0.717) is 48.8 Å². The average molecular weight is 642 g/mol. The summed E-state index contributed by atoms with van der Waals surface area (Å²) in [5.41, 5.74) is 7.58. The molecule has 240 valence electrons. The normalized spacial score (nSPS) is 24.6. The van der Waals surface area contributed by atoms with E-state index in [2.05, 4.69) is 16.0 Å². The van der Waals surface area contributed by atoms with Crippen LogP contribution in [0.4, 0.5) is 10.5 Å². The number of piperidine rings is 2. The van der Waals surface area contributed by atoms with Crippen molar-refractivity contribution in [2.75, 3.05) is 24.5 Å². The number of anilines is 1. The molecule has 0 aliphatic carbocycles. The standard InChI is InChI=1S/C34H39N7O4S/c1-20-16-24(45-23-9-5-4-6-10-23)11-12-25(20)41-26-13-14-37-31-27(26)28(39-33(41)44)29(46-31)30(42)38-22-8-7-15-40(19-22)32(43)21(18-35)17-34(2,3)36/h4-6,9-12,16-17,22,26-27,31,37H,7-8,13-15,19,36H2,1-3H3,(H,38,42)(H,39,44)/b21-17-/t22-,26?,27?,31?/m1/s1. The molecule has 0 bridgehead atoms. The minimum atomic E-state index is -0.806. The van der Waals surface area contributed by atoms with Crippen molar-refractivity contribution in [2.24, 2.45) is 11.7 Å². The Balaban J connectivity index is 1.18. The first-order chi connectivity index (χ1) is 22.0. The van der Waals surface area contributed by atoms with Crippen LogP contribution in [0.1, 0.15) is 38.7 Å². The number of para-hydroxylation sites is 1. The fourth-order valence-corrected chi connectivity index (χ4v) is 8.10. The van der Waals surface area contributed by atoms with Gasteiger partial charge in [-0.25, -0.2) is 4.79 Å². The number of ether oxygens (including phenoxy) is 1. The van der Waals surface area contributed by atoms with Crippen molar-refractivity contribution in [1.29, 1.82) is 5.26 Å². The molecule has 4 atom stereocenters. The zero-order valence-electron chi connectivity index (χ0n) is 26.2. The fraction of sp³-hybridized carbons (Fsp3) is 0.412. The molecule has 4 aliphatic rings. The number of amides is 4. The van der Waals surface area contributed by atoms with Gasteiger partial charge in [0.05, 0.1) is 16.3 Å². The monoisotopic (exact) mass is 641 g/mol. The van der Waals surface area contributed by atoms with E-state index in [4.69, 9.17) is 10.5 Å². The maximum Gasteiger partial charge on any atom is 0.326 e. The summed E-state index contributed by atoms with van der Waals surface area (Å²) in [6.45, 7) is 6.93. The molecule has 5 N–H and O–H groups in total. The third kappa shape index (κ3) is 6.49. The second-order valence-electron chi connectivity index (χ2n) is 12.8. The van der Waals surface area contributed by atoms with Crippen molar-refractivity contribution in [2.45, 2.75) is 63.0 Å². The fourth-order valence-electron chi connectivity index (χ4n) is 6.70. The molecule has 6 rings (SSSR count). The van der Waals surface area contributed by atoms with E-state index in [1.807, 2.05) is 66.4 Å². The summed E-state index contributed by atoms with van der Waals surface area (Å²) >= 11 is 1.45. The van der Waals surface area contributed by atoms with Crippen LogP contribution in [-0.2, 0) is 9.59 Å². The number of thioether (sulfide) groups is 1. The highest BCUT2D eigenvalue weighted by Crippen LogP contribution is 2.48. The maximum absolute atomic E-state index is 13.7. The molecule has 3 unspecified atom stereocenters. The number of nitrogens with zero attached hydrogens (tertiary/aromatic N) is 3. The Kier molecular flexibility index (Phi) is 8.83. The number of carbonyl (C=O) groups is 3. The molecule has 4 amide bonds. The summed E-state index contributed by atoms with van der Waals surface area (Å²) in [6, 6.07) is 16.6. The van der Waals surface area contributed by atoms with Gasteiger partial charge in [0.25, 0.3) is 11.8 Å². The molecule has 46 heavy (non-hydrogen) atoms. The van der Waals surface area contributed by atoms with Gasteiger partial charge in [-0.15, -0.1) is 0 Å². The van der Waals surface area contributed by atoms with Gasteiger partial charge >= 0.3 is 6.03 Å². The number of carbonyl (C=O) groups excluding carboxylic acids is 3. The minimum absolute atomic E-state index is 0.0000150. The SMILES string of the molecule is Cc1cc(Oc2ccccc2)ccc1N1C(=O)NC2=C(C(=O)N[C@@H]3CCCN(C(=O)/C(C#N)=C\C(C)(C)N)C3)SC3NCCC1C23. The summed E-state index contributed by atoms with van der Waals surface area (Å²) in [5, 5.41) is 19.2. The van der Waals surface area contributed by atoms with E-state index >= 15 is 0 Å². The highest BCUT2D eigenvalue weighted by molar-refractivity contribution is 8.04. The summed E-state index contributed by atoms with van der Waals surface area (Å²) in [5.74, 6) is 0.687. The molecule has 3 fully saturated rings. The van der Waals surface area contributed by atoms with Crippen LogP contribution in [0.2, 0.25) is 0 Å². The van der Waals surface area contributed by atoms with E-state index in [-0.39, 0.29) is 46.8 Å². The number of likely N-dealkylation sites (tertiary alicyclic amines) is 1. The Hall–Kier alpha value is -4.31. The van der Waals surface area contributed by atoms with Gasteiger partial charge < -0.3 is 31.3 Å². The summed E-state index contributed by atoms with van der Waals surface area (Å²) in [4.78, 5) is 44.5. The minimum Gasteiger partial charge on any atom is -0.457 e. The number of nitrogens with two attached hydrogens (primary N) is 1. The molecule has 2 aromatic carbocycles. The first-order valence-corrected chi connectivity index (χ1v) is 16.5. The summed E-state index contributed by atoms with van der Waals surface area (Å²) in [7, 11) is 0. The van der Waals surface area contributed by atoms with Gasteiger partial charge in [0.15, 0.2) is 0 Å². The number of benzene rings is 2. The molecule has 3 saturated heterocycles. The Morgan fingerprint density at radius 2 is 1.96 bits per heavy atom. The smallest absolute Gasteiger partial charge is 0.326 e.